The van der Waals surface area contributed by atoms with Crippen LogP contribution < -0.4 is 4.74 Å². The molecule has 138 valence electrons. The van der Waals surface area contributed by atoms with Gasteiger partial charge in [-0.25, -0.2) is 0 Å². The van der Waals surface area contributed by atoms with E-state index >= 15 is 0 Å². The van der Waals surface area contributed by atoms with E-state index in [4.69, 9.17) is 4.74 Å². The summed E-state index contributed by atoms with van der Waals surface area (Å²) in [6.45, 7) is 6.05. The first-order valence-corrected chi connectivity index (χ1v) is 10.3. The van der Waals surface area contributed by atoms with Crippen molar-refractivity contribution in [1.82, 2.24) is 9.80 Å². The first-order chi connectivity index (χ1) is 12.7. The van der Waals surface area contributed by atoms with Crippen LogP contribution in [0.15, 0.2) is 35.7 Å². The predicted molar refractivity (Wildman–Crippen MR) is 105 cm³/mol. The molecule has 0 bridgehead atoms. The van der Waals surface area contributed by atoms with Crippen LogP contribution in [0.25, 0.3) is 0 Å². The third-order valence-electron chi connectivity index (χ3n) is 5.62. The number of fused-ring (bicyclic) bond motifs is 1. The Morgan fingerprint density at radius 1 is 1.19 bits per heavy atom. The maximum atomic E-state index is 12.5. The van der Waals surface area contributed by atoms with Crippen LogP contribution in [0.5, 0.6) is 5.75 Å². The number of piperidine rings is 1. The Morgan fingerprint density at radius 3 is 2.81 bits per heavy atom. The monoisotopic (exact) mass is 370 g/mol. The molecule has 0 radical (unpaired) electrons. The molecule has 0 spiro atoms. The van der Waals surface area contributed by atoms with Crippen LogP contribution in [-0.4, -0.2) is 48.0 Å². The van der Waals surface area contributed by atoms with Crippen molar-refractivity contribution in [1.29, 1.82) is 0 Å². The van der Waals surface area contributed by atoms with Gasteiger partial charge in [0.1, 0.15) is 5.75 Å². The van der Waals surface area contributed by atoms with Gasteiger partial charge in [-0.15, -0.1) is 11.3 Å². The Bertz CT molecular complexity index is 765. The van der Waals surface area contributed by atoms with Crippen molar-refractivity contribution in [2.45, 2.75) is 38.8 Å². The molecule has 2 aliphatic heterocycles. The van der Waals surface area contributed by atoms with Crippen molar-refractivity contribution in [2.75, 3.05) is 26.2 Å². The fourth-order valence-electron chi connectivity index (χ4n) is 4.01. The van der Waals surface area contributed by atoms with E-state index in [1.54, 1.807) is 4.88 Å². The van der Waals surface area contributed by atoms with Gasteiger partial charge >= 0.3 is 0 Å². The molecule has 2 aliphatic rings. The van der Waals surface area contributed by atoms with E-state index in [0.717, 1.165) is 50.3 Å². The number of nitrogens with zero attached hydrogens (tertiary/aromatic N) is 2. The molecular weight excluding hydrogens is 344 g/mol. The van der Waals surface area contributed by atoms with E-state index in [1.165, 1.54) is 12.0 Å². The molecule has 4 rings (SSSR count). The Hall–Kier alpha value is -1.85. The minimum atomic E-state index is 0.102. The number of aryl methyl sites for hydroxylation is 1. The number of ether oxygens (including phenoxy) is 1. The molecule has 1 fully saturated rings. The Balaban J connectivity index is 1.26. The number of hydrogen-bond acceptors (Lipinski definition) is 4. The standard InChI is InChI=1S/C21H26N2O2S/c1-16-4-2-3-5-19(16)25-15-21(24)22-10-6-18(7-11-22)23-12-8-20-17(14-23)9-13-26-20/h2-5,9,13,18H,6-8,10-12,14-15H2,1H3. The van der Waals surface area contributed by atoms with Gasteiger partial charge in [0.05, 0.1) is 0 Å². The molecular formula is C21H26N2O2S. The smallest absolute Gasteiger partial charge is 0.260 e. The molecule has 1 aromatic heterocycles. The fourth-order valence-corrected chi connectivity index (χ4v) is 4.90. The zero-order valence-electron chi connectivity index (χ0n) is 15.3. The van der Waals surface area contributed by atoms with Crippen molar-refractivity contribution >= 4 is 17.2 Å². The Kier molecular flexibility index (Phi) is 5.27. The summed E-state index contributed by atoms with van der Waals surface area (Å²) in [5, 5.41) is 2.21. The molecule has 0 aliphatic carbocycles. The molecule has 0 saturated carbocycles. The van der Waals surface area contributed by atoms with Crippen molar-refractivity contribution in [3.63, 3.8) is 0 Å². The molecule has 4 nitrogen and oxygen atoms in total. The molecule has 3 heterocycles. The van der Waals surface area contributed by atoms with Gasteiger partial charge in [0.25, 0.3) is 5.91 Å². The Morgan fingerprint density at radius 2 is 2.00 bits per heavy atom. The summed E-state index contributed by atoms with van der Waals surface area (Å²) in [5.41, 5.74) is 2.57. The first-order valence-electron chi connectivity index (χ1n) is 9.46. The van der Waals surface area contributed by atoms with Crippen molar-refractivity contribution in [2.24, 2.45) is 0 Å². The SMILES string of the molecule is Cc1ccccc1OCC(=O)N1CCC(N2CCc3sccc3C2)CC1. The number of carbonyl (C=O) groups is 1. The fraction of sp³-hybridized carbons (Fsp3) is 0.476. The van der Waals surface area contributed by atoms with Gasteiger partial charge in [0.15, 0.2) is 6.61 Å². The summed E-state index contributed by atoms with van der Waals surface area (Å²) < 4.78 is 5.72. The summed E-state index contributed by atoms with van der Waals surface area (Å²) in [6, 6.07) is 10.7. The van der Waals surface area contributed by atoms with Gasteiger partial charge in [-0.05, 0) is 54.8 Å². The molecule has 0 atom stereocenters. The van der Waals surface area contributed by atoms with Crippen LogP contribution in [0.3, 0.4) is 0 Å². The Labute approximate surface area is 159 Å². The summed E-state index contributed by atoms with van der Waals surface area (Å²) in [7, 11) is 0. The third kappa shape index (κ3) is 3.79. The summed E-state index contributed by atoms with van der Waals surface area (Å²) in [4.78, 5) is 18.6. The molecule has 26 heavy (non-hydrogen) atoms. The van der Waals surface area contributed by atoms with Gasteiger partial charge < -0.3 is 9.64 Å². The van der Waals surface area contributed by atoms with Crippen LogP contribution in [0, 0.1) is 6.92 Å². The second-order valence-corrected chi connectivity index (χ2v) is 8.26. The molecule has 0 N–H and O–H groups in total. The van der Waals surface area contributed by atoms with Gasteiger partial charge in [-0.1, -0.05) is 18.2 Å². The number of para-hydroxylation sites is 1. The van der Waals surface area contributed by atoms with E-state index < -0.39 is 0 Å². The van der Waals surface area contributed by atoms with E-state index in [2.05, 4.69) is 16.3 Å². The summed E-state index contributed by atoms with van der Waals surface area (Å²) in [6.07, 6.45) is 3.31. The topological polar surface area (TPSA) is 32.8 Å². The van der Waals surface area contributed by atoms with Crippen molar-refractivity contribution in [3.8, 4) is 5.75 Å². The highest BCUT2D eigenvalue weighted by Crippen LogP contribution is 2.28. The minimum absolute atomic E-state index is 0.102. The number of thiophene rings is 1. The molecule has 5 heteroatoms. The lowest BCUT2D eigenvalue weighted by Gasteiger charge is -2.40. The summed E-state index contributed by atoms with van der Waals surface area (Å²) in [5.74, 6) is 0.904. The third-order valence-corrected chi connectivity index (χ3v) is 6.64. The second kappa shape index (κ2) is 7.80. The average Bonchev–Trinajstić information content (AvgIpc) is 3.15. The highest BCUT2D eigenvalue weighted by molar-refractivity contribution is 7.10. The largest absolute Gasteiger partial charge is 0.484 e. The van der Waals surface area contributed by atoms with Gasteiger partial charge in [-0.3, -0.25) is 9.69 Å². The first kappa shape index (κ1) is 17.6. The number of benzene rings is 1. The van der Waals surface area contributed by atoms with Crippen LogP contribution in [0.4, 0.5) is 0 Å². The van der Waals surface area contributed by atoms with Crippen LogP contribution in [-0.2, 0) is 17.8 Å². The van der Waals surface area contributed by atoms with Crippen LogP contribution >= 0.6 is 11.3 Å². The average molecular weight is 371 g/mol. The molecule has 0 unspecified atom stereocenters. The van der Waals surface area contributed by atoms with E-state index in [9.17, 15) is 4.79 Å². The van der Waals surface area contributed by atoms with Gasteiger partial charge in [-0.2, -0.15) is 0 Å². The lowest BCUT2D eigenvalue weighted by atomic mass is 9.99. The number of hydrogen-bond donors (Lipinski definition) is 0. The van der Waals surface area contributed by atoms with E-state index in [1.807, 2.05) is 47.4 Å². The lowest BCUT2D eigenvalue weighted by Crippen LogP contribution is -2.48. The lowest BCUT2D eigenvalue weighted by molar-refractivity contribution is -0.135. The molecule has 1 amide bonds. The normalized spacial score (nSPS) is 18.6. The maximum absolute atomic E-state index is 12.5. The van der Waals surface area contributed by atoms with Crippen molar-refractivity contribution in [3.05, 3.63) is 51.7 Å². The highest BCUT2D eigenvalue weighted by atomic mass is 32.1. The number of likely N-dealkylation sites (tertiary alicyclic amines) is 1. The number of amides is 1. The number of rotatable bonds is 4. The molecule has 2 aromatic rings. The van der Waals surface area contributed by atoms with Crippen LogP contribution in [0.1, 0.15) is 28.8 Å². The predicted octanol–water partition coefficient (Wildman–Crippen LogP) is 3.48. The summed E-state index contributed by atoms with van der Waals surface area (Å²) >= 11 is 1.89. The van der Waals surface area contributed by atoms with Crippen LogP contribution in [0.2, 0.25) is 0 Å². The second-order valence-electron chi connectivity index (χ2n) is 7.26. The highest BCUT2D eigenvalue weighted by Gasteiger charge is 2.29. The molecule has 1 aromatic carbocycles. The zero-order chi connectivity index (χ0) is 17.9. The molecule has 1 saturated heterocycles. The van der Waals surface area contributed by atoms with Gasteiger partial charge in [0, 0.05) is 37.1 Å². The van der Waals surface area contributed by atoms with E-state index in [0.29, 0.717) is 6.04 Å². The van der Waals surface area contributed by atoms with E-state index in [-0.39, 0.29) is 12.5 Å². The quantitative estimate of drug-likeness (QED) is 0.826. The minimum Gasteiger partial charge on any atom is -0.484 e. The number of carbonyl (C=O) groups excluding carboxylic acids is 1. The maximum Gasteiger partial charge on any atom is 0.260 e. The van der Waals surface area contributed by atoms with Crippen molar-refractivity contribution < 1.29 is 9.53 Å². The zero-order valence-corrected chi connectivity index (χ0v) is 16.1. The van der Waals surface area contributed by atoms with Gasteiger partial charge in [0.2, 0.25) is 0 Å².